The summed E-state index contributed by atoms with van der Waals surface area (Å²) < 4.78 is 2.37. The number of nitrogens with zero attached hydrogens (tertiary/aromatic N) is 4. The van der Waals surface area contributed by atoms with Gasteiger partial charge in [-0.25, -0.2) is 9.83 Å². The van der Waals surface area contributed by atoms with E-state index in [1.165, 1.54) is 21.9 Å². The number of aromatic hydroxyl groups is 1. The predicted octanol–water partition coefficient (Wildman–Crippen LogP) is 16.4. The Hall–Kier alpha value is -8.07. The minimum absolute atomic E-state index is 0.0509. The molecule has 3 aromatic heterocycles. The summed E-state index contributed by atoms with van der Waals surface area (Å²) >= 11 is 0. The van der Waals surface area contributed by atoms with E-state index in [0.717, 1.165) is 72.6 Å². The summed E-state index contributed by atoms with van der Waals surface area (Å²) in [7, 11) is 0. The molecule has 0 saturated carbocycles. The van der Waals surface area contributed by atoms with Gasteiger partial charge in [-0.15, -0.1) is 0 Å². The molecule has 5 nitrogen and oxygen atoms in total. The van der Waals surface area contributed by atoms with Crippen LogP contribution in [0.1, 0.15) is 52.7 Å². The van der Waals surface area contributed by atoms with E-state index < -0.39 is 0 Å². The Balaban J connectivity index is 1.08. The quantitative estimate of drug-likeness (QED) is 0.163. The normalized spacial score (nSPS) is 11.8. The van der Waals surface area contributed by atoms with Crippen molar-refractivity contribution < 1.29 is 5.11 Å². The standard InChI is InChI=1S/C61H50N4O/c1-60(2,3)46-33-44(34-47(38-46)61(4,5)6)45-36-55(64-56(37-45)53-17-9-11-21-58(53)66)43-15-12-14-42(32-43)54-35-41(30-31-63-54)50-18-13-19-52-51-16-8-10-20-57(51)65(59(50)52)49-28-24-40(25-29-49)39-22-26-48(62-7)27-23-39/h8-38,66H,1-6H3. The van der Waals surface area contributed by atoms with Crippen molar-refractivity contribution >= 4 is 27.5 Å². The molecule has 5 heteroatoms. The highest BCUT2D eigenvalue weighted by molar-refractivity contribution is 6.14. The van der Waals surface area contributed by atoms with Crippen LogP contribution in [0, 0.1) is 6.57 Å². The van der Waals surface area contributed by atoms with Gasteiger partial charge in [-0.05, 0) is 110 Å². The fourth-order valence-corrected chi connectivity index (χ4v) is 8.98. The van der Waals surface area contributed by atoms with Gasteiger partial charge in [0, 0.05) is 44.9 Å². The summed E-state index contributed by atoms with van der Waals surface area (Å²) in [6.07, 6.45) is 1.90. The van der Waals surface area contributed by atoms with Gasteiger partial charge in [0.2, 0.25) is 0 Å². The fourth-order valence-electron chi connectivity index (χ4n) is 8.98. The van der Waals surface area contributed by atoms with Crippen LogP contribution in [-0.4, -0.2) is 19.6 Å². The molecule has 0 amide bonds. The number of phenolic OH excluding ortho intramolecular Hbond substituents is 1. The third kappa shape index (κ3) is 7.92. The molecule has 0 aliphatic carbocycles. The molecule has 0 atom stereocenters. The third-order valence-corrected chi connectivity index (χ3v) is 12.7. The topological polar surface area (TPSA) is 55.3 Å². The SMILES string of the molecule is [C-]#[N+]c1ccc(-c2ccc(-n3c4ccccc4c4cccc(-c5ccnc(-c6cccc(-c7cc(-c8cc(C(C)(C)C)cc(C(C)(C)C)c8)cc(-c8ccccc8O)n7)c6)c5)c43)cc2)cc1. The van der Waals surface area contributed by atoms with E-state index in [0.29, 0.717) is 16.9 Å². The van der Waals surface area contributed by atoms with Crippen LogP contribution in [0.3, 0.4) is 0 Å². The molecule has 7 aromatic carbocycles. The Morgan fingerprint density at radius 2 is 1.05 bits per heavy atom. The molecule has 320 valence electrons. The number of phenols is 1. The molecule has 0 aliphatic rings. The van der Waals surface area contributed by atoms with E-state index >= 15 is 0 Å². The highest BCUT2D eigenvalue weighted by Gasteiger charge is 2.23. The molecular formula is C61H50N4O. The third-order valence-electron chi connectivity index (χ3n) is 12.7. The van der Waals surface area contributed by atoms with Gasteiger partial charge in [0.15, 0.2) is 5.69 Å². The van der Waals surface area contributed by atoms with Crippen LogP contribution >= 0.6 is 0 Å². The van der Waals surface area contributed by atoms with Crippen molar-refractivity contribution in [1.82, 2.24) is 14.5 Å². The summed E-state index contributed by atoms with van der Waals surface area (Å²) in [5, 5.41) is 13.5. The lowest BCUT2D eigenvalue weighted by Gasteiger charge is -2.26. The van der Waals surface area contributed by atoms with Crippen LogP contribution in [0.25, 0.3) is 99.5 Å². The molecule has 66 heavy (non-hydrogen) atoms. The van der Waals surface area contributed by atoms with E-state index in [-0.39, 0.29) is 16.6 Å². The number of hydrogen-bond donors (Lipinski definition) is 1. The first kappa shape index (κ1) is 41.9. The summed E-state index contributed by atoms with van der Waals surface area (Å²) in [5.41, 5.74) is 17.9. The molecule has 1 N–H and O–H groups in total. The Bertz CT molecular complexity index is 3470. The average molecular weight is 855 g/mol. The van der Waals surface area contributed by atoms with Gasteiger partial charge in [0.1, 0.15) is 5.75 Å². The second kappa shape index (κ2) is 16.5. The number of para-hydroxylation sites is 3. The number of rotatable bonds is 7. The maximum absolute atomic E-state index is 11.1. The monoisotopic (exact) mass is 854 g/mol. The van der Waals surface area contributed by atoms with Crippen molar-refractivity contribution in [2.45, 2.75) is 52.4 Å². The molecule has 0 radical (unpaired) electrons. The molecule has 10 aromatic rings. The molecule has 0 saturated heterocycles. The van der Waals surface area contributed by atoms with Crippen LogP contribution in [0.4, 0.5) is 5.69 Å². The minimum Gasteiger partial charge on any atom is -0.507 e. The number of fused-ring (bicyclic) bond motifs is 3. The lowest BCUT2D eigenvalue weighted by atomic mass is 9.79. The van der Waals surface area contributed by atoms with Crippen molar-refractivity contribution in [2.75, 3.05) is 0 Å². The molecular weight excluding hydrogens is 805 g/mol. The van der Waals surface area contributed by atoms with Gasteiger partial charge < -0.3 is 9.67 Å². The van der Waals surface area contributed by atoms with Gasteiger partial charge in [0.05, 0.1) is 34.7 Å². The summed E-state index contributed by atoms with van der Waals surface area (Å²) in [6, 6.07) is 63.0. The maximum atomic E-state index is 11.1. The average Bonchev–Trinajstić information content (AvgIpc) is 3.68. The molecule has 10 rings (SSSR count). The Kier molecular flexibility index (Phi) is 10.5. The molecule has 3 heterocycles. The van der Waals surface area contributed by atoms with Crippen LogP contribution < -0.4 is 0 Å². The summed E-state index contributed by atoms with van der Waals surface area (Å²) in [5.74, 6) is 0.191. The second-order valence-electron chi connectivity index (χ2n) is 19.2. The number of benzene rings is 7. The molecule has 0 aliphatic heterocycles. The number of aromatic nitrogens is 3. The van der Waals surface area contributed by atoms with E-state index in [1.54, 1.807) is 6.07 Å². The van der Waals surface area contributed by atoms with Crippen molar-refractivity contribution in [3.05, 3.63) is 211 Å². The smallest absolute Gasteiger partial charge is 0.187 e. The van der Waals surface area contributed by atoms with E-state index in [4.69, 9.17) is 16.5 Å². The van der Waals surface area contributed by atoms with Crippen molar-refractivity contribution in [3.63, 3.8) is 0 Å². The highest BCUT2D eigenvalue weighted by atomic mass is 16.3. The number of pyridine rings is 2. The first-order valence-electron chi connectivity index (χ1n) is 22.5. The zero-order valence-corrected chi connectivity index (χ0v) is 38.1. The number of hydrogen-bond acceptors (Lipinski definition) is 3. The fraction of sp³-hybridized carbons (Fsp3) is 0.131. The zero-order chi connectivity index (χ0) is 45.7. The maximum Gasteiger partial charge on any atom is 0.187 e. The van der Waals surface area contributed by atoms with Crippen LogP contribution in [0.5, 0.6) is 5.75 Å². The van der Waals surface area contributed by atoms with Crippen molar-refractivity contribution in [3.8, 4) is 78.6 Å². The highest BCUT2D eigenvalue weighted by Crippen LogP contribution is 2.41. The summed E-state index contributed by atoms with van der Waals surface area (Å²) in [6.45, 7) is 20.9. The van der Waals surface area contributed by atoms with Crippen LogP contribution in [-0.2, 0) is 10.8 Å². The lowest BCUT2D eigenvalue weighted by molar-refractivity contribution is 0.477. The largest absolute Gasteiger partial charge is 0.507 e. The van der Waals surface area contributed by atoms with Gasteiger partial charge in [-0.2, -0.15) is 0 Å². The van der Waals surface area contributed by atoms with E-state index in [9.17, 15) is 5.11 Å². The van der Waals surface area contributed by atoms with Crippen LogP contribution in [0.15, 0.2) is 188 Å². The first-order valence-corrected chi connectivity index (χ1v) is 22.5. The van der Waals surface area contributed by atoms with Gasteiger partial charge >= 0.3 is 0 Å². The Labute approximate surface area is 387 Å². The zero-order valence-electron chi connectivity index (χ0n) is 38.1. The van der Waals surface area contributed by atoms with Crippen molar-refractivity contribution in [1.29, 1.82) is 0 Å². The van der Waals surface area contributed by atoms with Crippen LogP contribution in [0.2, 0.25) is 0 Å². The molecule has 0 bridgehead atoms. The van der Waals surface area contributed by atoms with Gasteiger partial charge in [-0.1, -0.05) is 163 Å². The van der Waals surface area contributed by atoms with Gasteiger partial charge in [-0.3, -0.25) is 4.98 Å². The first-order chi connectivity index (χ1) is 31.8. The van der Waals surface area contributed by atoms with Crippen molar-refractivity contribution in [2.24, 2.45) is 0 Å². The molecule has 0 unspecified atom stereocenters. The second-order valence-corrected chi connectivity index (χ2v) is 19.2. The minimum atomic E-state index is -0.0509. The molecule has 0 fully saturated rings. The Morgan fingerprint density at radius 3 is 1.74 bits per heavy atom. The predicted molar refractivity (Wildman–Crippen MR) is 274 cm³/mol. The summed E-state index contributed by atoms with van der Waals surface area (Å²) in [4.78, 5) is 13.7. The Morgan fingerprint density at radius 1 is 0.470 bits per heavy atom. The van der Waals surface area contributed by atoms with Gasteiger partial charge in [0.25, 0.3) is 0 Å². The lowest BCUT2D eigenvalue weighted by Crippen LogP contribution is -2.16. The molecule has 0 spiro atoms. The van der Waals surface area contributed by atoms with E-state index in [2.05, 4.69) is 184 Å². The van der Waals surface area contributed by atoms with E-state index in [1.807, 2.05) is 48.7 Å².